The van der Waals surface area contributed by atoms with Gasteiger partial charge in [0.05, 0.1) is 0 Å². The van der Waals surface area contributed by atoms with Crippen LogP contribution in [0.3, 0.4) is 0 Å². The Labute approximate surface area is 125 Å². The fourth-order valence-corrected chi connectivity index (χ4v) is 5.00. The zero-order chi connectivity index (χ0) is 15.0. The van der Waals surface area contributed by atoms with E-state index in [-0.39, 0.29) is 5.54 Å². The van der Waals surface area contributed by atoms with E-state index >= 15 is 0 Å². The molecule has 2 aliphatic rings. The van der Waals surface area contributed by atoms with Crippen molar-refractivity contribution in [2.75, 3.05) is 40.3 Å². The van der Waals surface area contributed by atoms with Crippen LogP contribution in [0.4, 0.5) is 0 Å². The van der Waals surface area contributed by atoms with Crippen molar-refractivity contribution in [1.82, 2.24) is 9.80 Å². The first-order chi connectivity index (χ1) is 9.29. The molecule has 0 aromatic rings. The fourth-order valence-electron chi connectivity index (χ4n) is 5.00. The Morgan fingerprint density at radius 2 is 1.80 bits per heavy atom. The summed E-state index contributed by atoms with van der Waals surface area (Å²) in [5.41, 5.74) is 7.00. The number of nitrogens with zero attached hydrogens (tertiary/aromatic N) is 2. The minimum atomic E-state index is 0.270. The summed E-state index contributed by atoms with van der Waals surface area (Å²) >= 11 is 0. The lowest BCUT2D eigenvalue weighted by atomic mass is 9.82. The van der Waals surface area contributed by atoms with Gasteiger partial charge in [-0.05, 0) is 70.1 Å². The molecule has 3 heteroatoms. The monoisotopic (exact) mass is 281 g/mol. The van der Waals surface area contributed by atoms with Gasteiger partial charge in [0.2, 0.25) is 0 Å². The molecule has 0 radical (unpaired) electrons. The first-order valence-corrected chi connectivity index (χ1v) is 8.39. The minimum Gasteiger partial charge on any atom is -0.329 e. The Kier molecular flexibility index (Phi) is 4.83. The van der Waals surface area contributed by atoms with E-state index in [0.29, 0.717) is 5.41 Å². The lowest BCUT2D eigenvalue weighted by Gasteiger charge is -2.48. The van der Waals surface area contributed by atoms with E-state index in [1.54, 1.807) is 0 Å². The van der Waals surface area contributed by atoms with Crippen LogP contribution < -0.4 is 5.73 Å². The molecule has 0 spiro atoms. The first-order valence-electron chi connectivity index (χ1n) is 8.39. The molecule has 0 bridgehead atoms. The second kappa shape index (κ2) is 5.94. The van der Waals surface area contributed by atoms with Crippen LogP contribution in [0.1, 0.15) is 46.5 Å². The maximum absolute atomic E-state index is 6.28. The molecule has 1 aliphatic carbocycles. The van der Waals surface area contributed by atoms with Gasteiger partial charge >= 0.3 is 0 Å². The molecule has 2 unspecified atom stereocenters. The highest BCUT2D eigenvalue weighted by atomic mass is 15.2. The van der Waals surface area contributed by atoms with Crippen molar-refractivity contribution in [3.8, 4) is 0 Å². The molecule has 3 nitrogen and oxygen atoms in total. The maximum Gasteiger partial charge on any atom is 0.0362 e. The minimum absolute atomic E-state index is 0.270. The second-order valence-corrected chi connectivity index (χ2v) is 8.45. The molecule has 1 saturated heterocycles. The van der Waals surface area contributed by atoms with Crippen LogP contribution in [-0.2, 0) is 0 Å². The Morgan fingerprint density at radius 3 is 2.20 bits per heavy atom. The molecule has 2 N–H and O–H groups in total. The molecule has 2 rings (SSSR count). The molecule has 20 heavy (non-hydrogen) atoms. The molecule has 1 heterocycles. The Hall–Kier alpha value is -0.120. The molecule has 0 amide bonds. The van der Waals surface area contributed by atoms with Gasteiger partial charge < -0.3 is 10.6 Å². The van der Waals surface area contributed by atoms with Gasteiger partial charge in [0.1, 0.15) is 0 Å². The van der Waals surface area contributed by atoms with E-state index in [9.17, 15) is 0 Å². The van der Waals surface area contributed by atoms with E-state index in [4.69, 9.17) is 5.73 Å². The second-order valence-electron chi connectivity index (χ2n) is 8.45. The summed E-state index contributed by atoms with van der Waals surface area (Å²) in [6.45, 7) is 11.8. The van der Waals surface area contributed by atoms with Gasteiger partial charge in [-0.25, -0.2) is 0 Å². The van der Waals surface area contributed by atoms with Gasteiger partial charge in [-0.2, -0.15) is 0 Å². The number of nitrogens with two attached hydrogens (primary N) is 1. The largest absolute Gasteiger partial charge is 0.329 e. The average Bonchev–Trinajstić information content (AvgIpc) is 2.59. The molecule has 0 aromatic heterocycles. The topological polar surface area (TPSA) is 32.5 Å². The quantitative estimate of drug-likeness (QED) is 0.859. The summed E-state index contributed by atoms with van der Waals surface area (Å²) in [5.74, 6) is 1.61. The normalized spacial score (nSPS) is 35.9. The number of piperidine rings is 1. The van der Waals surface area contributed by atoms with Crippen LogP contribution >= 0.6 is 0 Å². The first kappa shape index (κ1) is 16.3. The molecular formula is C17H35N3. The van der Waals surface area contributed by atoms with Crippen LogP contribution in [-0.4, -0.2) is 55.6 Å². The molecule has 2 fully saturated rings. The standard InChI is InChI=1S/C17H35N3/c1-14-10-16(2,3)12-17(14,13-18)20-8-6-15(7-9-20)11-19(4)5/h14-15H,6-13,18H2,1-5H3. The van der Waals surface area contributed by atoms with Crippen LogP contribution in [0.25, 0.3) is 0 Å². The van der Waals surface area contributed by atoms with Gasteiger partial charge in [-0.1, -0.05) is 20.8 Å². The third-order valence-electron chi connectivity index (χ3n) is 5.78. The molecule has 1 aliphatic heterocycles. The highest BCUT2D eigenvalue weighted by Crippen LogP contribution is 2.50. The lowest BCUT2D eigenvalue weighted by Crippen LogP contribution is -2.58. The summed E-state index contributed by atoms with van der Waals surface area (Å²) < 4.78 is 0. The third-order valence-corrected chi connectivity index (χ3v) is 5.78. The van der Waals surface area contributed by atoms with Crippen molar-refractivity contribution in [1.29, 1.82) is 0 Å². The van der Waals surface area contributed by atoms with Gasteiger partial charge in [0, 0.05) is 18.6 Å². The molecule has 2 atom stereocenters. The van der Waals surface area contributed by atoms with Crippen molar-refractivity contribution in [3.63, 3.8) is 0 Å². The number of hydrogen-bond donors (Lipinski definition) is 1. The van der Waals surface area contributed by atoms with Crippen LogP contribution in [0.15, 0.2) is 0 Å². The van der Waals surface area contributed by atoms with Crippen molar-refractivity contribution in [2.45, 2.75) is 52.0 Å². The van der Waals surface area contributed by atoms with Crippen LogP contribution in [0.5, 0.6) is 0 Å². The molecule has 0 aromatic carbocycles. The zero-order valence-corrected chi connectivity index (χ0v) is 14.3. The van der Waals surface area contributed by atoms with Crippen LogP contribution in [0.2, 0.25) is 0 Å². The smallest absolute Gasteiger partial charge is 0.0362 e. The summed E-state index contributed by atoms with van der Waals surface area (Å²) in [4.78, 5) is 5.08. The summed E-state index contributed by atoms with van der Waals surface area (Å²) in [6.07, 6.45) is 5.28. The van der Waals surface area contributed by atoms with E-state index in [2.05, 4.69) is 44.7 Å². The SMILES string of the molecule is CC1CC(C)(C)CC1(CN)N1CCC(CN(C)C)CC1. The Bertz CT molecular complexity index is 318. The average molecular weight is 281 g/mol. The van der Waals surface area contributed by atoms with E-state index in [1.807, 2.05) is 0 Å². The summed E-state index contributed by atoms with van der Waals surface area (Å²) in [6, 6.07) is 0. The van der Waals surface area contributed by atoms with E-state index in [0.717, 1.165) is 18.4 Å². The molecule has 118 valence electrons. The molecule has 1 saturated carbocycles. The predicted octanol–water partition coefficient (Wildman–Crippen LogP) is 2.41. The third kappa shape index (κ3) is 3.20. The Morgan fingerprint density at radius 1 is 1.20 bits per heavy atom. The highest BCUT2D eigenvalue weighted by Gasteiger charge is 2.51. The lowest BCUT2D eigenvalue weighted by molar-refractivity contribution is 0.0238. The van der Waals surface area contributed by atoms with Crippen LogP contribution in [0, 0.1) is 17.3 Å². The van der Waals surface area contributed by atoms with Gasteiger partial charge in [0.15, 0.2) is 0 Å². The van der Waals surface area contributed by atoms with Gasteiger partial charge in [-0.3, -0.25) is 4.90 Å². The fraction of sp³-hybridized carbons (Fsp3) is 1.00. The maximum atomic E-state index is 6.28. The zero-order valence-electron chi connectivity index (χ0n) is 14.3. The summed E-state index contributed by atoms with van der Waals surface area (Å²) in [5, 5.41) is 0. The predicted molar refractivity (Wildman–Crippen MR) is 86.8 cm³/mol. The van der Waals surface area contributed by atoms with Crippen molar-refractivity contribution < 1.29 is 0 Å². The summed E-state index contributed by atoms with van der Waals surface area (Å²) in [7, 11) is 4.38. The van der Waals surface area contributed by atoms with Crippen molar-refractivity contribution >= 4 is 0 Å². The number of hydrogen-bond acceptors (Lipinski definition) is 3. The molecular weight excluding hydrogens is 246 g/mol. The number of likely N-dealkylation sites (tertiary alicyclic amines) is 1. The Balaban J connectivity index is 2.01. The van der Waals surface area contributed by atoms with E-state index in [1.165, 1.54) is 45.3 Å². The van der Waals surface area contributed by atoms with Gasteiger partial charge in [-0.15, -0.1) is 0 Å². The number of rotatable bonds is 4. The van der Waals surface area contributed by atoms with Crippen molar-refractivity contribution in [2.24, 2.45) is 23.0 Å². The van der Waals surface area contributed by atoms with Crippen molar-refractivity contribution in [3.05, 3.63) is 0 Å². The van der Waals surface area contributed by atoms with E-state index < -0.39 is 0 Å². The highest BCUT2D eigenvalue weighted by molar-refractivity contribution is 5.06. The van der Waals surface area contributed by atoms with Gasteiger partial charge in [0.25, 0.3) is 0 Å².